The fourth-order valence-electron chi connectivity index (χ4n) is 1.47. The van der Waals surface area contributed by atoms with Crippen molar-refractivity contribution in [3.8, 4) is 0 Å². The monoisotopic (exact) mass is 313 g/mol. The third-order valence-corrected chi connectivity index (χ3v) is 4.83. The van der Waals surface area contributed by atoms with Gasteiger partial charge in [-0.2, -0.15) is 0 Å². The average molecular weight is 314 g/mol. The molecule has 1 N–H and O–H groups in total. The first-order chi connectivity index (χ1) is 8.25. The van der Waals surface area contributed by atoms with E-state index < -0.39 is 15.7 Å². The van der Waals surface area contributed by atoms with Gasteiger partial charge in [0.25, 0.3) is 0 Å². The largest absolute Gasteiger partial charge is 0.379 e. The molecule has 0 spiro atoms. The maximum absolute atomic E-state index is 13.0. The summed E-state index contributed by atoms with van der Waals surface area (Å²) >= 11 is 11.7. The molecule has 0 bridgehead atoms. The molecule has 0 saturated heterocycles. The molecule has 1 unspecified atom stereocenters. The van der Waals surface area contributed by atoms with E-state index in [1.807, 2.05) is 0 Å². The van der Waals surface area contributed by atoms with E-state index in [4.69, 9.17) is 23.2 Å². The predicted octanol–water partition coefficient (Wildman–Crippen LogP) is 3.37. The van der Waals surface area contributed by atoms with E-state index in [1.54, 1.807) is 13.8 Å². The Labute approximate surface area is 116 Å². The standard InChI is InChI=1S/C11H14Cl2FNO2S/c1-3-18(16,17)6-7(2)15-11-9(12)4-8(14)5-10(11)13/h4-5,7,15H,3,6H2,1-2H3. The number of nitrogens with one attached hydrogen (secondary N) is 1. The van der Waals surface area contributed by atoms with Gasteiger partial charge in [-0.15, -0.1) is 0 Å². The van der Waals surface area contributed by atoms with Crippen LogP contribution in [0.2, 0.25) is 10.0 Å². The molecular weight excluding hydrogens is 300 g/mol. The lowest BCUT2D eigenvalue weighted by Crippen LogP contribution is -2.27. The zero-order valence-corrected chi connectivity index (χ0v) is 12.3. The summed E-state index contributed by atoms with van der Waals surface area (Å²) in [6.07, 6.45) is 0. The molecule has 1 aromatic rings. The van der Waals surface area contributed by atoms with Gasteiger partial charge >= 0.3 is 0 Å². The molecule has 1 aromatic carbocycles. The minimum absolute atomic E-state index is 0.0342. The summed E-state index contributed by atoms with van der Waals surface area (Å²) in [5, 5.41) is 3.14. The molecule has 3 nitrogen and oxygen atoms in total. The van der Waals surface area contributed by atoms with Crippen LogP contribution in [0.1, 0.15) is 13.8 Å². The van der Waals surface area contributed by atoms with Gasteiger partial charge in [-0.3, -0.25) is 0 Å². The zero-order chi connectivity index (χ0) is 13.9. The van der Waals surface area contributed by atoms with E-state index in [2.05, 4.69) is 5.32 Å². The topological polar surface area (TPSA) is 46.2 Å². The van der Waals surface area contributed by atoms with Crippen LogP contribution in [0, 0.1) is 5.82 Å². The lowest BCUT2D eigenvalue weighted by atomic mass is 10.2. The molecule has 0 saturated carbocycles. The summed E-state index contributed by atoms with van der Waals surface area (Å²) < 4.78 is 35.9. The van der Waals surface area contributed by atoms with Crippen molar-refractivity contribution in [3.63, 3.8) is 0 Å². The van der Waals surface area contributed by atoms with Gasteiger partial charge in [0.1, 0.15) is 5.82 Å². The van der Waals surface area contributed by atoms with Crippen LogP contribution >= 0.6 is 23.2 Å². The number of hydrogen-bond donors (Lipinski definition) is 1. The smallest absolute Gasteiger partial charge is 0.152 e. The van der Waals surface area contributed by atoms with Crippen molar-refractivity contribution in [2.75, 3.05) is 16.8 Å². The van der Waals surface area contributed by atoms with Crippen molar-refractivity contribution in [2.24, 2.45) is 0 Å². The number of hydrogen-bond acceptors (Lipinski definition) is 3. The molecule has 102 valence electrons. The van der Waals surface area contributed by atoms with Crippen molar-refractivity contribution in [1.82, 2.24) is 0 Å². The Morgan fingerprint density at radius 1 is 1.33 bits per heavy atom. The molecule has 0 aliphatic rings. The van der Waals surface area contributed by atoms with Gasteiger partial charge in [-0.05, 0) is 19.1 Å². The summed E-state index contributed by atoms with van der Waals surface area (Å²) in [5.41, 5.74) is 0.346. The molecule has 7 heteroatoms. The second-order valence-electron chi connectivity index (χ2n) is 3.99. The second-order valence-corrected chi connectivity index (χ2v) is 7.20. The highest BCUT2D eigenvalue weighted by Gasteiger charge is 2.16. The zero-order valence-electron chi connectivity index (χ0n) is 10.0. The Hall–Kier alpha value is -0.520. The van der Waals surface area contributed by atoms with Gasteiger partial charge < -0.3 is 5.32 Å². The van der Waals surface area contributed by atoms with Gasteiger partial charge in [0.15, 0.2) is 9.84 Å². The first-order valence-corrected chi connectivity index (χ1v) is 7.94. The Morgan fingerprint density at radius 3 is 2.28 bits per heavy atom. The van der Waals surface area contributed by atoms with Crippen molar-refractivity contribution >= 4 is 38.7 Å². The van der Waals surface area contributed by atoms with E-state index in [1.165, 1.54) is 0 Å². The Balaban J connectivity index is 2.86. The van der Waals surface area contributed by atoms with Gasteiger partial charge in [0, 0.05) is 11.8 Å². The van der Waals surface area contributed by atoms with Crippen molar-refractivity contribution in [2.45, 2.75) is 19.9 Å². The van der Waals surface area contributed by atoms with Crippen LogP contribution in [-0.4, -0.2) is 26.0 Å². The lowest BCUT2D eigenvalue weighted by Gasteiger charge is -2.17. The quantitative estimate of drug-likeness (QED) is 0.906. The molecule has 0 amide bonds. The number of sulfone groups is 1. The maximum atomic E-state index is 13.0. The average Bonchev–Trinajstić information content (AvgIpc) is 2.22. The molecule has 0 aliphatic heterocycles. The minimum Gasteiger partial charge on any atom is -0.379 e. The normalized spacial score (nSPS) is 13.4. The van der Waals surface area contributed by atoms with Crippen molar-refractivity contribution in [3.05, 3.63) is 28.0 Å². The van der Waals surface area contributed by atoms with Crippen LogP contribution < -0.4 is 5.32 Å². The fourth-order valence-corrected chi connectivity index (χ4v) is 3.12. The molecule has 1 rings (SSSR count). The summed E-state index contributed by atoms with van der Waals surface area (Å²) in [6, 6.07) is 1.88. The van der Waals surface area contributed by atoms with Crippen LogP contribution in [0.15, 0.2) is 12.1 Å². The number of halogens is 3. The van der Waals surface area contributed by atoms with Gasteiger partial charge in [-0.1, -0.05) is 30.1 Å². The van der Waals surface area contributed by atoms with Crippen LogP contribution in [-0.2, 0) is 9.84 Å². The van der Waals surface area contributed by atoms with E-state index in [0.29, 0.717) is 5.69 Å². The molecule has 1 atom stereocenters. The highest BCUT2D eigenvalue weighted by Crippen LogP contribution is 2.31. The van der Waals surface area contributed by atoms with Gasteiger partial charge in [0.2, 0.25) is 0 Å². The Kier molecular flexibility index (Phi) is 5.25. The molecule has 18 heavy (non-hydrogen) atoms. The number of rotatable bonds is 5. The predicted molar refractivity (Wildman–Crippen MR) is 73.8 cm³/mol. The summed E-state index contributed by atoms with van der Waals surface area (Å²) in [5.74, 6) is -0.498. The summed E-state index contributed by atoms with van der Waals surface area (Å²) in [6.45, 7) is 3.28. The molecular formula is C11H14Cl2FNO2S. The molecule has 0 aliphatic carbocycles. The first-order valence-electron chi connectivity index (χ1n) is 5.36. The summed E-state index contributed by atoms with van der Waals surface area (Å²) in [4.78, 5) is 0. The van der Waals surface area contributed by atoms with Gasteiger partial charge in [-0.25, -0.2) is 12.8 Å². The van der Waals surface area contributed by atoms with Crippen LogP contribution in [0.3, 0.4) is 0 Å². The van der Waals surface area contributed by atoms with Crippen molar-refractivity contribution < 1.29 is 12.8 Å². The van der Waals surface area contributed by atoms with E-state index in [9.17, 15) is 12.8 Å². The number of benzene rings is 1. The third kappa shape index (κ3) is 4.30. The first kappa shape index (κ1) is 15.5. The highest BCUT2D eigenvalue weighted by atomic mass is 35.5. The van der Waals surface area contributed by atoms with Crippen LogP contribution in [0.25, 0.3) is 0 Å². The summed E-state index contributed by atoms with van der Waals surface area (Å²) in [7, 11) is -3.10. The van der Waals surface area contributed by atoms with E-state index in [-0.39, 0.29) is 27.6 Å². The Bertz CT molecular complexity index is 511. The van der Waals surface area contributed by atoms with Crippen molar-refractivity contribution in [1.29, 1.82) is 0 Å². The third-order valence-electron chi connectivity index (χ3n) is 2.34. The van der Waals surface area contributed by atoms with Crippen LogP contribution in [0.5, 0.6) is 0 Å². The van der Waals surface area contributed by atoms with E-state index in [0.717, 1.165) is 12.1 Å². The fraction of sp³-hybridized carbons (Fsp3) is 0.455. The molecule has 0 radical (unpaired) electrons. The molecule has 0 aromatic heterocycles. The molecule has 0 fully saturated rings. The second kappa shape index (κ2) is 6.08. The van der Waals surface area contributed by atoms with Gasteiger partial charge in [0.05, 0.1) is 21.5 Å². The molecule has 0 heterocycles. The van der Waals surface area contributed by atoms with Crippen LogP contribution in [0.4, 0.5) is 10.1 Å². The van der Waals surface area contributed by atoms with E-state index >= 15 is 0 Å². The Morgan fingerprint density at radius 2 is 1.83 bits per heavy atom. The lowest BCUT2D eigenvalue weighted by molar-refractivity contribution is 0.593. The maximum Gasteiger partial charge on any atom is 0.152 e. The SMILES string of the molecule is CCS(=O)(=O)CC(C)Nc1c(Cl)cc(F)cc1Cl. The number of anilines is 1. The highest BCUT2D eigenvalue weighted by molar-refractivity contribution is 7.91. The minimum atomic E-state index is -3.10.